The molecule has 17 heavy (non-hydrogen) atoms. The minimum atomic E-state index is -1.06. The fourth-order valence-corrected chi connectivity index (χ4v) is 1.87. The van der Waals surface area contributed by atoms with Crippen LogP contribution in [0.3, 0.4) is 0 Å². The molecule has 0 radical (unpaired) electrons. The van der Waals surface area contributed by atoms with Gasteiger partial charge in [0.15, 0.2) is 5.12 Å². The Kier molecular flexibility index (Phi) is 4.92. The summed E-state index contributed by atoms with van der Waals surface area (Å²) in [5.41, 5.74) is 6.80. The van der Waals surface area contributed by atoms with Gasteiger partial charge in [0.25, 0.3) is 0 Å². The van der Waals surface area contributed by atoms with Gasteiger partial charge in [0, 0.05) is 24.4 Å². The summed E-state index contributed by atoms with van der Waals surface area (Å²) >= 11 is 0.976. The van der Waals surface area contributed by atoms with E-state index in [4.69, 9.17) is 5.73 Å². The van der Waals surface area contributed by atoms with Crippen molar-refractivity contribution in [2.45, 2.75) is 26.1 Å². The molecule has 5 nitrogen and oxygen atoms in total. The number of carbonyl (C=O) groups is 1. The van der Waals surface area contributed by atoms with Crippen LogP contribution >= 0.6 is 11.8 Å². The van der Waals surface area contributed by atoms with Gasteiger partial charge in [-0.2, -0.15) is 0 Å². The maximum Gasteiger partial charge on any atom is 0.185 e. The Morgan fingerprint density at radius 3 is 2.76 bits per heavy atom. The highest BCUT2D eigenvalue weighted by atomic mass is 32.2. The van der Waals surface area contributed by atoms with E-state index in [0.717, 1.165) is 17.3 Å². The van der Waals surface area contributed by atoms with Crippen molar-refractivity contribution in [3.63, 3.8) is 0 Å². The van der Waals surface area contributed by atoms with Gasteiger partial charge in [-0.15, -0.1) is 0 Å². The Morgan fingerprint density at radius 2 is 2.24 bits per heavy atom. The lowest BCUT2D eigenvalue weighted by molar-refractivity contribution is -0.109. The molecule has 0 saturated heterocycles. The number of thioether (sulfide) groups is 1. The number of nitrogen functional groups attached to an aromatic ring is 1. The molecule has 2 atom stereocenters. The van der Waals surface area contributed by atoms with Crippen LogP contribution in [0.2, 0.25) is 0 Å². The van der Waals surface area contributed by atoms with E-state index in [-0.39, 0.29) is 10.9 Å². The number of anilines is 1. The molecule has 0 fully saturated rings. The monoisotopic (exact) mass is 256 g/mol. The molecule has 0 saturated carbocycles. The summed E-state index contributed by atoms with van der Waals surface area (Å²) in [6.07, 6.45) is -0.642. The van der Waals surface area contributed by atoms with Gasteiger partial charge >= 0.3 is 0 Å². The second-order valence-electron chi connectivity index (χ2n) is 3.79. The summed E-state index contributed by atoms with van der Waals surface area (Å²) in [7, 11) is 0. The summed E-state index contributed by atoms with van der Waals surface area (Å²) < 4.78 is 0. The second kappa shape index (κ2) is 6.00. The second-order valence-corrected chi connectivity index (χ2v) is 4.98. The first-order valence-corrected chi connectivity index (χ1v) is 6.12. The third-order valence-electron chi connectivity index (χ3n) is 2.30. The van der Waals surface area contributed by atoms with Gasteiger partial charge in [0.1, 0.15) is 11.9 Å². The van der Waals surface area contributed by atoms with Crippen LogP contribution in [-0.2, 0) is 4.79 Å². The van der Waals surface area contributed by atoms with Crippen LogP contribution in [0.4, 0.5) is 5.82 Å². The van der Waals surface area contributed by atoms with Crippen LogP contribution in [0, 0.1) is 6.92 Å². The van der Waals surface area contributed by atoms with Crippen molar-refractivity contribution in [1.82, 2.24) is 4.98 Å². The molecule has 1 aromatic rings. The fourth-order valence-electron chi connectivity index (χ4n) is 1.28. The predicted octanol–water partition coefficient (Wildman–Crippen LogP) is 0.646. The maximum atomic E-state index is 10.7. The van der Waals surface area contributed by atoms with Crippen molar-refractivity contribution >= 4 is 22.7 Å². The number of nitrogens with zero attached hydrogens (tertiary/aromatic N) is 1. The van der Waals surface area contributed by atoms with Crippen molar-refractivity contribution in [2.24, 2.45) is 0 Å². The molecule has 94 valence electrons. The van der Waals surface area contributed by atoms with E-state index in [2.05, 4.69) is 4.98 Å². The highest BCUT2D eigenvalue weighted by Gasteiger charge is 2.19. The molecule has 0 aromatic carbocycles. The summed E-state index contributed by atoms with van der Waals surface area (Å²) in [5.74, 6) is 0.550. The van der Waals surface area contributed by atoms with Gasteiger partial charge in [-0.25, -0.2) is 4.98 Å². The highest BCUT2D eigenvalue weighted by molar-refractivity contribution is 8.13. The lowest BCUT2D eigenvalue weighted by Crippen LogP contribution is -2.21. The molecule has 0 aliphatic rings. The first-order valence-electron chi connectivity index (χ1n) is 5.13. The third kappa shape index (κ3) is 3.99. The molecule has 4 N–H and O–H groups in total. The van der Waals surface area contributed by atoms with Crippen LogP contribution in [0.1, 0.15) is 24.2 Å². The number of aromatic nitrogens is 1. The molecule has 0 spiro atoms. The average molecular weight is 256 g/mol. The molecule has 1 rings (SSSR count). The standard InChI is InChI=1S/C11H16N2O3S/c1-6-3-8(4-13-11(6)12)10(16)9(15)5-17-7(2)14/h3-4,9-10,15-16H,5H2,1-2H3,(H2,12,13). The van der Waals surface area contributed by atoms with Gasteiger partial charge in [-0.3, -0.25) is 4.79 Å². The zero-order valence-corrected chi connectivity index (χ0v) is 10.6. The van der Waals surface area contributed by atoms with Crippen molar-refractivity contribution < 1.29 is 15.0 Å². The van der Waals surface area contributed by atoms with Crippen LogP contribution < -0.4 is 5.73 Å². The summed E-state index contributed by atoms with van der Waals surface area (Å²) in [6.45, 7) is 3.19. The number of aliphatic hydroxyl groups is 2. The topological polar surface area (TPSA) is 96.4 Å². The molecule has 0 aliphatic carbocycles. The van der Waals surface area contributed by atoms with Crippen molar-refractivity contribution in [2.75, 3.05) is 11.5 Å². The molecule has 1 aromatic heterocycles. The van der Waals surface area contributed by atoms with Crippen LogP contribution in [-0.4, -0.2) is 32.2 Å². The van der Waals surface area contributed by atoms with E-state index >= 15 is 0 Å². The molecular weight excluding hydrogens is 240 g/mol. The minimum Gasteiger partial charge on any atom is -0.389 e. The van der Waals surface area contributed by atoms with Crippen molar-refractivity contribution in [3.8, 4) is 0 Å². The SMILES string of the molecule is CC(=O)SCC(O)C(O)c1cnc(N)c(C)c1. The van der Waals surface area contributed by atoms with E-state index in [1.165, 1.54) is 13.1 Å². The quantitative estimate of drug-likeness (QED) is 0.732. The molecule has 0 aliphatic heterocycles. The van der Waals surface area contributed by atoms with Gasteiger partial charge in [0.05, 0.1) is 6.10 Å². The number of hydrogen-bond acceptors (Lipinski definition) is 6. The van der Waals surface area contributed by atoms with Gasteiger partial charge in [0.2, 0.25) is 0 Å². The largest absolute Gasteiger partial charge is 0.389 e. The minimum absolute atomic E-state index is 0.0946. The van der Waals surface area contributed by atoms with E-state index < -0.39 is 12.2 Å². The van der Waals surface area contributed by atoms with E-state index in [0.29, 0.717) is 11.4 Å². The summed E-state index contributed by atoms with van der Waals surface area (Å²) in [4.78, 5) is 14.7. The predicted molar refractivity (Wildman–Crippen MR) is 67.5 cm³/mol. The molecular formula is C11H16N2O3S. The fraction of sp³-hybridized carbons (Fsp3) is 0.455. The van der Waals surface area contributed by atoms with Gasteiger partial charge in [-0.05, 0) is 18.6 Å². The number of carbonyl (C=O) groups excluding carboxylic acids is 1. The van der Waals surface area contributed by atoms with Gasteiger partial charge < -0.3 is 15.9 Å². The number of rotatable bonds is 4. The molecule has 1 heterocycles. The van der Waals surface area contributed by atoms with E-state index in [9.17, 15) is 15.0 Å². The molecule has 6 heteroatoms. The normalized spacial score (nSPS) is 14.4. The number of aryl methyl sites for hydroxylation is 1. The van der Waals surface area contributed by atoms with E-state index in [1.807, 2.05) is 0 Å². The average Bonchev–Trinajstić information content (AvgIpc) is 2.28. The van der Waals surface area contributed by atoms with Crippen LogP contribution in [0.15, 0.2) is 12.3 Å². The lowest BCUT2D eigenvalue weighted by atomic mass is 10.1. The number of nitrogens with two attached hydrogens (primary N) is 1. The summed E-state index contributed by atoms with van der Waals surface area (Å²) in [5, 5.41) is 19.5. The first-order chi connectivity index (χ1) is 7.91. The Hall–Kier alpha value is -1.11. The maximum absolute atomic E-state index is 10.7. The summed E-state index contributed by atoms with van der Waals surface area (Å²) in [6, 6.07) is 1.68. The van der Waals surface area contributed by atoms with Crippen LogP contribution in [0.25, 0.3) is 0 Å². The highest BCUT2D eigenvalue weighted by Crippen LogP contribution is 2.21. The number of aliphatic hydroxyl groups excluding tert-OH is 2. The third-order valence-corrected chi connectivity index (χ3v) is 3.22. The Bertz CT molecular complexity index is 412. The Morgan fingerprint density at radius 1 is 1.59 bits per heavy atom. The van der Waals surface area contributed by atoms with Crippen molar-refractivity contribution in [3.05, 3.63) is 23.4 Å². The zero-order valence-electron chi connectivity index (χ0n) is 9.75. The van der Waals surface area contributed by atoms with Crippen LogP contribution in [0.5, 0.6) is 0 Å². The Balaban J connectivity index is 2.70. The number of pyridine rings is 1. The first kappa shape index (κ1) is 14.0. The molecule has 0 bridgehead atoms. The molecule has 2 unspecified atom stereocenters. The van der Waals surface area contributed by atoms with E-state index in [1.54, 1.807) is 13.0 Å². The van der Waals surface area contributed by atoms with Gasteiger partial charge in [-0.1, -0.05) is 11.8 Å². The molecule has 0 amide bonds. The van der Waals surface area contributed by atoms with Crippen molar-refractivity contribution in [1.29, 1.82) is 0 Å². The smallest absolute Gasteiger partial charge is 0.185 e. The zero-order chi connectivity index (χ0) is 13.0. The Labute approximate surface area is 104 Å². The number of hydrogen-bond donors (Lipinski definition) is 3. The lowest BCUT2D eigenvalue weighted by Gasteiger charge is -2.17.